The van der Waals surface area contributed by atoms with E-state index in [0.29, 0.717) is 11.8 Å². The highest BCUT2D eigenvalue weighted by Crippen LogP contribution is 2.36. The SMILES string of the molecule is N#Cc1ccc(NC2CC3CCC2O3)cc1[N+](=O)[O-]. The summed E-state index contributed by atoms with van der Waals surface area (Å²) >= 11 is 0. The Morgan fingerprint density at radius 3 is 2.89 bits per heavy atom. The standard InChI is InChI=1S/C13H13N3O3/c14-7-8-1-2-9(5-12(8)16(17)18)15-11-6-10-3-4-13(11)19-10/h1-2,5,10-11,13,15H,3-4,6H2. The number of anilines is 1. The van der Waals surface area contributed by atoms with Gasteiger partial charge in [0.05, 0.1) is 23.2 Å². The van der Waals surface area contributed by atoms with Gasteiger partial charge in [0.15, 0.2) is 0 Å². The minimum absolute atomic E-state index is 0.0831. The highest BCUT2D eigenvalue weighted by Gasteiger charge is 2.40. The zero-order valence-electron chi connectivity index (χ0n) is 10.2. The molecular formula is C13H13N3O3. The van der Waals surface area contributed by atoms with Gasteiger partial charge in [-0.2, -0.15) is 5.26 Å². The number of rotatable bonds is 3. The number of nitro groups is 1. The van der Waals surface area contributed by atoms with E-state index in [2.05, 4.69) is 5.32 Å². The fourth-order valence-electron chi connectivity index (χ4n) is 2.87. The topological polar surface area (TPSA) is 88.2 Å². The summed E-state index contributed by atoms with van der Waals surface area (Å²) in [4.78, 5) is 10.4. The van der Waals surface area contributed by atoms with Crippen LogP contribution in [0.4, 0.5) is 11.4 Å². The van der Waals surface area contributed by atoms with Gasteiger partial charge in [0.25, 0.3) is 5.69 Å². The summed E-state index contributed by atoms with van der Waals surface area (Å²) in [5.74, 6) is 0. The van der Waals surface area contributed by atoms with Gasteiger partial charge in [0.1, 0.15) is 11.6 Å². The molecule has 0 aromatic heterocycles. The van der Waals surface area contributed by atoms with Gasteiger partial charge in [0.2, 0.25) is 0 Å². The first-order valence-electron chi connectivity index (χ1n) is 6.28. The molecule has 0 spiro atoms. The second-order valence-electron chi connectivity index (χ2n) is 4.96. The molecule has 1 aromatic carbocycles. The van der Waals surface area contributed by atoms with Crippen LogP contribution < -0.4 is 5.32 Å². The zero-order valence-corrected chi connectivity index (χ0v) is 10.2. The van der Waals surface area contributed by atoms with E-state index in [1.54, 1.807) is 6.07 Å². The molecule has 3 rings (SSSR count). The lowest BCUT2D eigenvalue weighted by Gasteiger charge is -2.21. The van der Waals surface area contributed by atoms with Gasteiger partial charge in [-0.1, -0.05) is 0 Å². The quantitative estimate of drug-likeness (QED) is 0.664. The number of nitriles is 1. The van der Waals surface area contributed by atoms with Crippen LogP contribution in [0.5, 0.6) is 0 Å². The van der Waals surface area contributed by atoms with E-state index in [0.717, 1.165) is 19.3 Å². The number of ether oxygens (including phenoxy) is 1. The highest BCUT2D eigenvalue weighted by atomic mass is 16.6. The number of benzene rings is 1. The van der Waals surface area contributed by atoms with Crippen molar-refractivity contribution in [1.29, 1.82) is 5.26 Å². The number of hydrogen-bond acceptors (Lipinski definition) is 5. The highest BCUT2D eigenvalue weighted by molar-refractivity contribution is 5.59. The Bertz CT molecular complexity index is 567. The third kappa shape index (κ3) is 2.13. The van der Waals surface area contributed by atoms with E-state index in [4.69, 9.17) is 10.00 Å². The summed E-state index contributed by atoms with van der Waals surface area (Å²) in [6.45, 7) is 0. The van der Waals surface area contributed by atoms with Crippen molar-refractivity contribution in [3.63, 3.8) is 0 Å². The predicted octanol–water partition coefficient (Wildman–Crippen LogP) is 2.20. The van der Waals surface area contributed by atoms with Gasteiger partial charge < -0.3 is 10.1 Å². The van der Waals surface area contributed by atoms with Crippen LogP contribution in [0.2, 0.25) is 0 Å². The molecule has 0 saturated carbocycles. The normalized spacial score (nSPS) is 28.1. The molecule has 2 bridgehead atoms. The zero-order chi connectivity index (χ0) is 13.4. The van der Waals surface area contributed by atoms with Gasteiger partial charge >= 0.3 is 0 Å². The first-order valence-corrected chi connectivity index (χ1v) is 6.28. The third-order valence-electron chi connectivity index (χ3n) is 3.77. The fourth-order valence-corrected chi connectivity index (χ4v) is 2.87. The maximum Gasteiger partial charge on any atom is 0.289 e. The smallest absolute Gasteiger partial charge is 0.289 e. The lowest BCUT2D eigenvalue weighted by Crippen LogP contribution is -2.30. The van der Waals surface area contributed by atoms with Crippen LogP contribution in [0, 0.1) is 21.4 Å². The Hall–Kier alpha value is -2.13. The van der Waals surface area contributed by atoms with Crippen molar-refractivity contribution in [2.75, 3.05) is 5.32 Å². The van der Waals surface area contributed by atoms with Gasteiger partial charge in [-0.3, -0.25) is 10.1 Å². The number of nitro benzene ring substituents is 1. The molecule has 6 nitrogen and oxygen atoms in total. The van der Waals surface area contributed by atoms with Crippen molar-refractivity contribution < 1.29 is 9.66 Å². The van der Waals surface area contributed by atoms with Crippen LogP contribution >= 0.6 is 0 Å². The molecule has 2 aliphatic heterocycles. The van der Waals surface area contributed by atoms with Gasteiger partial charge in [-0.05, 0) is 31.4 Å². The van der Waals surface area contributed by atoms with E-state index >= 15 is 0 Å². The van der Waals surface area contributed by atoms with Crippen LogP contribution in [-0.2, 0) is 4.74 Å². The van der Waals surface area contributed by atoms with Gasteiger partial charge in [-0.15, -0.1) is 0 Å². The van der Waals surface area contributed by atoms with Crippen LogP contribution in [-0.4, -0.2) is 23.2 Å². The minimum atomic E-state index is -0.527. The molecule has 2 saturated heterocycles. The third-order valence-corrected chi connectivity index (χ3v) is 3.77. The van der Waals surface area contributed by atoms with Crippen molar-refractivity contribution in [2.45, 2.75) is 37.5 Å². The minimum Gasteiger partial charge on any atom is -0.379 e. The van der Waals surface area contributed by atoms with Crippen LogP contribution in [0.3, 0.4) is 0 Å². The van der Waals surface area contributed by atoms with Gasteiger partial charge in [0, 0.05) is 11.8 Å². The molecule has 0 aliphatic carbocycles. The summed E-state index contributed by atoms with van der Waals surface area (Å²) in [5, 5.41) is 23.0. The van der Waals surface area contributed by atoms with E-state index in [9.17, 15) is 10.1 Å². The fraction of sp³-hybridized carbons (Fsp3) is 0.462. The molecule has 2 aliphatic rings. The Morgan fingerprint density at radius 2 is 2.32 bits per heavy atom. The Labute approximate surface area is 110 Å². The molecule has 98 valence electrons. The second kappa shape index (κ2) is 4.52. The molecular weight excluding hydrogens is 246 g/mol. The largest absolute Gasteiger partial charge is 0.379 e. The lowest BCUT2D eigenvalue weighted by atomic mass is 9.95. The second-order valence-corrected chi connectivity index (χ2v) is 4.96. The molecule has 1 aromatic rings. The average molecular weight is 259 g/mol. The van der Waals surface area contributed by atoms with Crippen molar-refractivity contribution >= 4 is 11.4 Å². The van der Waals surface area contributed by atoms with Crippen LogP contribution in [0.1, 0.15) is 24.8 Å². The Morgan fingerprint density at radius 1 is 1.47 bits per heavy atom. The molecule has 2 fully saturated rings. The summed E-state index contributed by atoms with van der Waals surface area (Å²) in [5.41, 5.74) is 0.600. The van der Waals surface area contributed by atoms with Crippen molar-refractivity contribution in [3.8, 4) is 6.07 Å². The van der Waals surface area contributed by atoms with E-state index < -0.39 is 4.92 Å². The van der Waals surface area contributed by atoms with Gasteiger partial charge in [-0.25, -0.2) is 0 Å². The molecule has 6 heteroatoms. The summed E-state index contributed by atoms with van der Waals surface area (Å²) in [6, 6.07) is 6.65. The number of nitrogens with zero attached hydrogens (tertiary/aromatic N) is 2. The molecule has 2 heterocycles. The maximum absolute atomic E-state index is 10.9. The molecule has 1 N–H and O–H groups in total. The number of fused-ring (bicyclic) bond motifs is 2. The summed E-state index contributed by atoms with van der Waals surface area (Å²) in [7, 11) is 0. The summed E-state index contributed by atoms with van der Waals surface area (Å²) in [6.07, 6.45) is 3.63. The number of hydrogen-bond donors (Lipinski definition) is 1. The van der Waals surface area contributed by atoms with Crippen LogP contribution in [0.25, 0.3) is 0 Å². The summed E-state index contributed by atoms with van der Waals surface area (Å²) < 4.78 is 5.73. The molecule has 3 atom stereocenters. The molecule has 0 radical (unpaired) electrons. The van der Waals surface area contributed by atoms with Crippen molar-refractivity contribution in [3.05, 3.63) is 33.9 Å². The molecule has 3 unspecified atom stereocenters. The predicted molar refractivity (Wildman–Crippen MR) is 67.7 cm³/mol. The molecule has 0 amide bonds. The maximum atomic E-state index is 10.9. The van der Waals surface area contributed by atoms with Crippen LogP contribution in [0.15, 0.2) is 18.2 Å². The first kappa shape index (κ1) is 11.9. The average Bonchev–Trinajstić information content (AvgIpc) is 3.01. The van der Waals surface area contributed by atoms with Crippen molar-refractivity contribution in [1.82, 2.24) is 0 Å². The lowest BCUT2D eigenvalue weighted by molar-refractivity contribution is -0.385. The van der Waals surface area contributed by atoms with Crippen molar-refractivity contribution in [2.24, 2.45) is 0 Å². The Kier molecular flexibility index (Phi) is 2.84. The van der Waals surface area contributed by atoms with E-state index in [1.807, 2.05) is 6.07 Å². The molecule has 19 heavy (non-hydrogen) atoms. The Balaban J connectivity index is 1.80. The van der Waals surface area contributed by atoms with E-state index in [1.165, 1.54) is 12.1 Å². The number of nitrogens with one attached hydrogen (secondary N) is 1. The monoisotopic (exact) mass is 259 g/mol. The van der Waals surface area contributed by atoms with E-state index in [-0.39, 0.29) is 23.4 Å². The first-order chi connectivity index (χ1) is 9.17.